The Morgan fingerprint density at radius 1 is 1.38 bits per heavy atom. The predicted octanol–water partition coefficient (Wildman–Crippen LogP) is -0.379. The quantitative estimate of drug-likeness (QED) is 0.551. The van der Waals surface area contributed by atoms with E-state index in [0.717, 1.165) is 12.8 Å². The maximum atomic E-state index is 11.4. The van der Waals surface area contributed by atoms with Gasteiger partial charge in [-0.1, -0.05) is 0 Å². The van der Waals surface area contributed by atoms with Gasteiger partial charge in [-0.05, 0) is 25.2 Å². The lowest BCUT2D eigenvalue weighted by Gasteiger charge is -2.13. The lowest BCUT2D eigenvalue weighted by atomic mass is 10.1. The first-order valence-corrected chi connectivity index (χ1v) is 5.29. The fraction of sp³-hybridized carbons (Fsp3) is 0.700. The van der Waals surface area contributed by atoms with E-state index >= 15 is 0 Å². The zero-order valence-corrected chi connectivity index (χ0v) is 8.94. The van der Waals surface area contributed by atoms with Gasteiger partial charge in [-0.2, -0.15) is 0 Å². The molecule has 6 heteroatoms. The summed E-state index contributed by atoms with van der Waals surface area (Å²) in [6.45, 7) is 0. The van der Waals surface area contributed by atoms with Crippen LogP contribution in [-0.4, -0.2) is 28.9 Å². The second-order valence-corrected chi connectivity index (χ2v) is 4.11. The summed E-state index contributed by atoms with van der Waals surface area (Å²) in [5.41, 5.74) is 4.92. The lowest BCUT2D eigenvalue weighted by Crippen LogP contribution is -2.41. The normalized spacial score (nSPS) is 16.5. The average Bonchev–Trinajstić information content (AvgIpc) is 2.95. The van der Waals surface area contributed by atoms with Gasteiger partial charge in [-0.3, -0.25) is 9.59 Å². The number of carboxylic acids is 1. The Kier molecular flexibility index (Phi) is 4.28. The van der Waals surface area contributed by atoms with Crippen molar-refractivity contribution in [2.45, 2.75) is 38.1 Å². The zero-order valence-electron chi connectivity index (χ0n) is 8.94. The molecule has 0 aromatic carbocycles. The third kappa shape index (κ3) is 4.77. The van der Waals surface area contributed by atoms with E-state index in [4.69, 9.17) is 10.8 Å². The van der Waals surface area contributed by atoms with E-state index in [1.807, 2.05) is 0 Å². The predicted molar refractivity (Wildman–Crippen MR) is 55.3 cm³/mol. The van der Waals surface area contributed by atoms with E-state index in [1.165, 1.54) is 0 Å². The third-order valence-corrected chi connectivity index (χ3v) is 2.48. The van der Waals surface area contributed by atoms with Crippen LogP contribution in [-0.2, 0) is 14.4 Å². The number of amides is 2. The second kappa shape index (κ2) is 5.48. The first-order valence-electron chi connectivity index (χ1n) is 5.29. The number of hydrogen-bond donors (Lipinski definition) is 3. The number of rotatable bonds is 7. The van der Waals surface area contributed by atoms with Gasteiger partial charge in [0.25, 0.3) is 0 Å². The van der Waals surface area contributed by atoms with E-state index in [-0.39, 0.29) is 18.7 Å². The SMILES string of the molecule is NC(=O)CC[C@H](NC(=O)CC1CC1)C(=O)O. The molecule has 6 nitrogen and oxygen atoms in total. The van der Waals surface area contributed by atoms with Gasteiger partial charge in [0.05, 0.1) is 0 Å². The minimum absolute atomic E-state index is 0.0410. The van der Waals surface area contributed by atoms with Crippen LogP contribution in [0, 0.1) is 5.92 Å². The molecule has 2 amide bonds. The summed E-state index contributed by atoms with van der Waals surface area (Å²) in [7, 11) is 0. The van der Waals surface area contributed by atoms with Crippen LogP contribution in [0.15, 0.2) is 0 Å². The second-order valence-electron chi connectivity index (χ2n) is 4.11. The molecule has 1 aliphatic rings. The van der Waals surface area contributed by atoms with Crippen molar-refractivity contribution >= 4 is 17.8 Å². The molecule has 0 aromatic heterocycles. The van der Waals surface area contributed by atoms with Gasteiger partial charge >= 0.3 is 5.97 Å². The van der Waals surface area contributed by atoms with Gasteiger partial charge in [0, 0.05) is 12.8 Å². The average molecular weight is 228 g/mol. The van der Waals surface area contributed by atoms with Crippen molar-refractivity contribution in [1.29, 1.82) is 0 Å². The molecule has 1 atom stereocenters. The van der Waals surface area contributed by atoms with Crippen LogP contribution in [0.4, 0.5) is 0 Å². The highest BCUT2D eigenvalue weighted by Crippen LogP contribution is 2.32. The van der Waals surface area contributed by atoms with Crippen molar-refractivity contribution < 1.29 is 19.5 Å². The van der Waals surface area contributed by atoms with Crippen LogP contribution >= 0.6 is 0 Å². The Hall–Kier alpha value is -1.59. The summed E-state index contributed by atoms with van der Waals surface area (Å²) in [4.78, 5) is 32.7. The van der Waals surface area contributed by atoms with Crippen LogP contribution in [0.3, 0.4) is 0 Å². The fourth-order valence-corrected chi connectivity index (χ4v) is 1.38. The smallest absolute Gasteiger partial charge is 0.326 e. The van der Waals surface area contributed by atoms with Crippen LogP contribution < -0.4 is 11.1 Å². The van der Waals surface area contributed by atoms with Crippen molar-refractivity contribution in [1.82, 2.24) is 5.32 Å². The van der Waals surface area contributed by atoms with E-state index in [1.54, 1.807) is 0 Å². The summed E-state index contributed by atoms with van der Waals surface area (Å²) in [6.07, 6.45) is 2.45. The Labute approximate surface area is 93.2 Å². The van der Waals surface area contributed by atoms with Gasteiger partial charge in [-0.15, -0.1) is 0 Å². The highest BCUT2D eigenvalue weighted by molar-refractivity contribution is 5.84. The Bertz CT molecular complexity index is 299. The third-order valence-electron chi connectivity index (χ3n) is 2.48. The maximum Gasteiger partial charge on any atom is 0.326 e. The van der Waals surface area contributed by atoms with Crippen LogP contribution in [0.25, 0.3) is 0 Å². The van der Waals surface area contributed by atoms with Gasteiger partial charge in [-0.25, -0.2) is 4.79 Å². The molecule has 0 unspecified atom stereocenters. The molecule has 1 saturated carbocycles. The van der Waals surface area contributed by atoms with Crippen LogP contribution in [0.1, 0.15) is 32.1 Å². The van der Waals surface area contributed by atoms with Crippen molar-refractivity contribution in [3.63, 3.8) is 0 Å². The molecule has 0 aliphatic heterocycles. The van der Waals surface area contributed by atoms with Crippen molar-refractivity contribution in [3.8, 4) is 0 Å². The number of nitrogens with two attached hydrogens (primary N) is 1. The van der Waals surface area contributed by atoms with Crippen LogP contribution in [0.5, 0.6) is 0 Å². The van der Waals surface area contributed by atoms with Gasteiger partial charge in [0.1, 0.15) is 6.04 Å². The molecule has 0 radical (unpaired) electrons. The highest BCUT2D eigenvalue weighted by atomic mass is 16.4. The topological polar surface area (TPSA) is 109 Å². The van der Waals surface area contributed by atoms with Gasteiger partial charge in [0.15, 0.2) is 0 Å². The number of aliphatic carboxylic acids is 1. The molecule has 90 valence electrons. The minimum atomic E-state index is -1.13. The summed E-state index contributed by atoms with van der Waals surface area (Å²) in [5, 5.41) is 11.2. The molecule has 4 N–H and O–H groups in total. The van der Waals surface area contributed by atoms with Gasteiger partial charge in [0.2, 0.25) is 11.8 Å². The number of primary amides is 1. The number of carboxylic acid groups (broad SMARTS) is 1. The summed E-state index contributed by atoms with van der Waals surface area (Å²) in [6, 6.07) is -1.02. The molecule has 16 heavy (non-hydrogen) atoms. The van der Waals surface area contributed by atoms with E-state index in [2.05, 4.69) is 5.32 Å². The monoisotopic (exact) mass is 228 g/mol. The molecule has 1 aliphatic carbocycles. The summed E-state index contributed by atoms with van der Waals surface area (Å²) in [5.74, 6) is -1.56. The Morgan fingerprint density at radius 2 is 2.00 bits per heavy atom. The maximum absolute atomic E-state index is 11.4. The van der Waals surface area contributed by atoms with E-state index in [0.29, 0.717) is 12.3 Å². The first kappa shape index (κ1) is 12.5. The molecule has 0 bridgehead atoms. The number of carbonyl (C=O) groups excluding carboxylic acids is 2. The molecule has 0 saturated heterocycles. The number of nitrogens with one attached hydrogen (secondary N) is 1. The first-order chi connectivity index (χ1) is 7.49. The molecular formula is C10H16N2O4. The number of hydrogen-bond acceptors (Lipinski definition) is 3. The molecule has 0 aromatic rings. The largest absolute Gasteiger partial charge is 0.480 e. The van der Waals surface area contributed by atoms with E-state index < -0.39 is 17.9 Å². The molecular weight excluding hydrogens is 212 g/mol. The molecule has 0 heterocycles. The molecule has 1 fully saturated rings. The Balaban J connectivity index is 2.33. The minimum Gasteiger partial charge on any atom is -0.480 e. The zero-order chi connectivity index (χ0) is 12.1. The number of carbonyl (C=O) groups is 3. The van der Waals surface area contributed by atoms with Gasteiger partial charge < -0.3 is 16.2 Å². The molecule has 0 spiro atoms. The van der Waals surface area contributed by atoms with Crippen molar-refractivity contribution in [2.24, 2.45) is 11.7 Å². The Morgan fingerprint density at radius 3 is 2.44 bits per heavy atom. The van der Waals surface area contributed by atoms with E-state index in [9.17, 15) is 14.4 Å². The lowest BCUT2D eigenvalue weighted by molar-refractivity contribution is -0.142. The standard InChI is InChI=1S/C10H16N2O4/c11-8(13)4-3-7(10(15)16)12-9(14)5-6-1-2-6/h6-7H,1-5H2,(H2,11,13)(H,12,14)(H,15,16)/t7-/m0/s1. The highest BCUT2D eigenvalue weighted by Gasteiger charge is 2.27. The van der Waals surface area contributed by atoms with Crippen molar-refractivity contribution in [2.75, 3.05) is 0 Å². The van der Waals surface area contributed by atoms with Crippen molar-refractivity contribution in [3.05, 3.63) is 0 Å². The summed E-state index contributed by atoms with van der Waals surface area (Å²) < 4.78 is 0. The fourth-order valence-electron chi connectivity index (χ4n) is 1.38. The van der Waals surface area contributed by atoms with Crippen LogP contribution in [0.2, 0.25) is 0 Å². The molecule has 1 rings (SSSR count). The summed E-state index contributed by atoms with van der Waals surface area (Å²) >= 11 is 0.